The van der Waals surface area contributed by atoms with Crippen molar-refractivity contribution in [3.63, 3.8) is 0 Å². The molecule has 1 aromatic carbocycles. The molecule has 3 heterocycles. The zero-order valence-corrected chi connectivity index (χ0v) is 17.7. The van der Waals surface area contributed by atoms with Gasteiger partial charge in [0.25, 0.3) is 0 Å². The topological polar surface area (TPSA) is 98.4 Å². The number of aromatic nitrogens is 5. The molecular weight excluding hydrogens is 396 g/mol. The Balaban J connectivity index is 1.78. The summed E-state index contributed by atoms with van der Waals surface area (Å²) >= 11 is 0. The smallest absolute Gasteiger partial charge is 0.180 e. The van der Waals surface area contributed by atoms with Crippen molar-refractivity contribution in [2.75, 3.05) is 32.3 Å². The molecule has 9 nitrogen and oxygen atoms in total. The minimum atomic E-state index is 0.0656. The molecule has 0 radical (unpaired) electrons. The van der Waals surface area contributed by atoms with Crippen LogP contribution < -0.4 is 14.4 Å². The van der Waals surface area contributed by atoms with Gasteiger partial charge in [-0.2, -0.15) is 5.10 Å². The van der Waals surface area contributed by atoms with Gasteiger partial charge in [-0.1, -0.05) is 0 Å². The molecule has 0 aliphatic rings. The van der Waals surface area contributed by atoms with Crippen LogP contribution in [0, 0.1) is 0 Å². The van der Waals surface area contributed by atoms with Crippen molar-refractivity contribution >= 4 is 22.7 Å². The minimum absolute atomic E-state index is 0.0656. The number of anilines is 2. The van der Waals surface area contributed by atoms with E-state index in [1.807, 2.05) is 48.5 Å². The Morgan fingerprint density at radius 3 is 2.45 bits per heavy atom. The Labute approximate surface area is 179 Å². The van der Waals surface area contributed by atoms with Crippen LogP contribution in [0.4, 0.5) is 11.5 Å². The molecule has 4 rings (SSSR count). The van der Waals surface area contributed by atoms with E-state index >= 15 is 0 Å². The van der Waals surface area contributed by atoms with Crippen molar-refractivity contribution < 1.29 is 14.6 Å². The van der Waals surface area contributed by atoms with E-state index in [1.54, 1.807) is 31.3 Å². The van der Waals surface area contributed by atoms with Crippen molar-refractivity contribution in [3.8, 4) is 22.8 Å². The molecule has 3 aromatic heterocycles. The van der Waals surface area contributed by atoms with Crippen LogP contribution in [0.1, 0.15) is 6.42 Å². The second-order valence-corrected chi connectivity index (χ2v) is 6.97. The number of nitrogens with zero attached hydrogens (tertiary/aromatic N) is 6. The van der Waals surface area contributed by atoms with E-state index in [0.717, 1.165) is 11.3 Å². The first-order valence-electron chi connectivity index (χ1n) is 9.85. The highest BCUT2D eigenvalue weighted by atomic mass is 16.5. The number of ether oxygens (including phenoxy) is 2. The zero-order valence-electron chi connectivity index (χ0n) is 17.7. The Morgan fingerprint density at radius 2 is 1.81 bits per heavy atom. The van der Waals surface area contributed by atoms with Crippen molar-refractivity contribution in [2.24, 2.45) is 7.05 Å². The van der Waals surface area contributed by atoms with Crippen molar-refractivity contribution in [2.45, 2.75) is 6.42 Å². The van der Waals surface area contributed by atoms with Gasteiger partial charge in [0.15, 0.2) is 5.65 Å². The van der Waals surface area contributed by atoms with Crippen LogP contribution in [0.2, 0.25) is 0 Å². The number of hydrogen-bond donors (Lipinski definition) is 1. The molecule has 0 fully saturated rings. The number of aliphatic hydroxyl groups excluding tert-OH is 1. The summed E-state index contributed by atoms with van der Waals surface area (Å²) in [6, 6.07) is 9.41. The van der Waals surface area contributed by atoms with Gasteiger partial charge in [-0.15, -0.1) is 0 Å². The highest BCUT2D eigenvalue weighted by molar-refractivity contribution is 5.77. The summed E-state index contributed by atoms with van der Waals surface area (Å²) < 4.78 is 12.6. The predicted molar refractivity (Wildman–Crippen MR) is 118 cm³/mol. The maximum Gasteiger partial charge on any atom is 0.180 e. The average molecular weight is 420 g/mol. The first kappa shape index (κ1) is 20.5. The number of benzene rings is 1. The van der Waals surface area contributed by atoms with Gasteiger partial charge in [0.2, 0.25) is 0 Å². The zero-order chi connectivity index (χ0) is 21.8. The third kappa shape index (κ3) is 4.41. The maximum absolute atomic E-state index is 9.42. The normalized spacial score (nSPS) is 11.0. The Morgan fingerprint density at radius 1 is 1.03 bits per heavy atom. The molecule has 0 atom stereocenters. The van der Waals surface area contributed by atoms with Crippen molar-refractivity contribution in [1.29, 1.82) is 0 Å². The molecule has 0 unspecified atom stereocenters. The Hall–Kier alpha value is -3.72. The van der Waals surface area contributed by atoms with Crippen molar-refractivity contribution in [3.05, 3.63) is 48.9 Å². The molecule has 160 valence electrons. The van der Waals surface area contributed by atoms with Gasteiger partial charge in [-0.3, -0.25) is 9.67 Å². The van der Waals surface area contributed by atoms with Crippen LogP contribution >= 0.6 is 0 Å². The van der Waals surface area contributed by atoms with E-state index in [-0.39, 0.29) is 6.61 Å². The number of rotatable bonds is 8. The lowest BCUT2D eigenvalue weighted by Crippen LogP contribution is -2.20. The van der Waals surface area contributed by atoms with Crippen LogP contribution in [0.3, 0.4) is 0 Å². The van der Waals surface area contributed by atoms with Crippen LogP contribution in [0.25, 0.3) is 22.4 Å². The molecule has 0 saturated carbocycles. The third-order valence-electron chi connectivity index (χ3n) is 4.86. The fraction of sp³-hybridized carbons (Fsp3) is 0.273. The lowest BCUT2D eigenvalue weighted by Gasteiger charge is -2.24. The first-order chi connectivity index (χ1) is 15.1. The van der Waals surface area contributed by atoms with Crippen LogP contribution in [0.5, 0.6) is 11.5 Å². The minimum Gasteiger partial charge on any atom is -0.497 e. The summed E-state index contributed by atoms with van der Waals surface area (Å²) in [5, 5.41) is 13.6. The Bertz CT molecular complexity index is 1170. The lowest BCUT2D eigenvalue weighted by molar-refractivity contribution is 0.290. The average Bonchev–Trinajstić information content (AvgIpc) is 3.24. The van der Waals surface area contributed by atoms with Gasteiger partial charge in [0.05, 0.1) is 32.3 Å². The molecule has 4 aromatic rings. The molecule has 0 bridgehead atoms. The first-order valence-corrected chi connectivity index (χ1v) is 9.85. The van der Waals surface area contributed by atoms with Crippen LogP contribution in [-0.2, 0) is 7.05 Å². The fourth-order valence-corrected chi connectivity index (χ4v) is 3.28. The third-order valence-corrected chi connectivity index (χ3v) is 4.86. The van der Waals surface area contributed by atoms with E-state index in [4.69, 9.17) is 19.4 Å². The fourth-order valence-electron chi connectivity index (χ4n) is 3.28. The molecule has 0 amide bonds. The molecular formula is C22H24N6O3. The monoisotopic (exact) mass is 420 g/mol. The van der Waals surface area contributed by atoms with E-state index < -0.39 is 0 Å². The van der Waals surface area contributed by atoms with E-state index in [2.05, 4.69) is 10.1 Å². The number of pyridine rings is 1. The van der Waals surface area contributed by atoms with Gasteiger partial charge in [-0.25, -0.2) is 9.97 Å². The Kier molecular flexibility index (Phi) is 5.94. The van der Waals surface area contributed by atoms with E-state index in [9.17, 15) is 5.11 Å². The molecule has 31 heavy (non-hydrogen) atoms. The maximum atomic E-state index is 9.42. The highest BCUT2D eigenvalue weighted by Gasteiger charge is 2.15. The standard InChI is InChI=1S/C22H24N6O3/c1-27-14-15(12-24-27)20-13-23-19-5-6-21(26-22(19)25-20)28(7-4-8-29)16-9-17(30-2)11-18(10-16)31-3/h5-6,9-14,29H,4,7-8H2,1-3H3. The number of fused-ring (bicyclic) bond motifs is 1. The second kappa shape index (κ2) is 8.97. The van der Waals surface area contributed by atoms with Gasteiger partial charge >= 0.3 is 0 Å². The summed E-state index contributed by atoms with van der Waals surface area (Å²) in [5.41, 5.74) is 3.64. The number of hydrogen-bond acceptors (Lipinski definition) is 8. The van der Waals surface area contributed by atoms with Crippen LogP contribution in [-0.4, -0.2) is 57.2 Å². The molecule has 0 aliphatic heterocycles. The van der Waals surface area contributed by atoms with Gasteiger partial charge in [0.1, 0.15) is 22.8 Å². The summed E-state index contributed by atoms with van der Waals surface area (Å²) in [6.07, 6.45) is 5.92. The molecule has 9 heteroatoms. The summed E-state index contributed by atoms with van der Waals surface area (Å²) in [6.45, 7) is 0.622. The SMILES string of the molecule is COc1cc(OC)cc(N(CCCO)c2ccc3ncc(-c4cnn(C)c4)nc3n2)c1. The lowest BCUT2D eigenvalue weighted by atomic mass is 10.2. The number of aliphatic hydroxyl groups is 1. The van der Waals surface area contributed by atoms with E-state index in [0.29, 0.717) is 47.1 Å². The highest BCUT2D eigenvalue weighted by Crippen LogP contribution is 2.33. The van der Waals surface area contributed by atoms with Gasteiger partial charge in [0, 0.05) is 55.8 Å². The predicted octanol–water partition coefficient (Wildman–Crippen LogP) is 2.96. The molecule has 0 aliphatic carbocycles. The molecule has 0 saturated heterocycles. The largest absolute Gasteiger partial charge is 0.497 e. The summed E-state index contributed by atoms with van der Waals surface area (Å²) in [7, 11) is 5.08. The molecule has 0 spiro atoms. The van der Waals surface area contributed by atoms with Crippen molar-refractivity contribution in [1.82, 2.24) is 24.7 Å². The number of methoxy groups -OCH3 is 2. The van der Waals surface area contributed by atoms with Gasteiger partial charge in [-0.05, 0) is 18.6 Å². The van der Waals surface area contributed by atoms with E-state index in [1.165, 1.54) is 0 Å². The quantitative estimate of drug-likeness (QED) is 0.465. The molecule has 1 N–H and O–H groups in total. The summed E-state index contributed by atoms with van der Waals surface area (Å²) in [5.74, 6) is 2.03. The second-order valence-electron chi connectivity index (χ2n) is 6.97. The number of aryl methyl sites for hydroxylation is 1. The van der Waals surface area contributed by atoms with Gasteiger partial charge < -0.3 is 19.5 Å². The summed E-state index contributed by atoms with van der Waals surface area (Å²) in [4.78, 5) is 16.0. The van der Waals surface area contributed by atoms with Crippen LogP contribution in [0.15, 0.2) is 48.9 Å².